The number of fused-ring (bicyclic) bond motifs is 3. The second-order valence-electron chi connectivity index (χ2n) is 7.15. The minimum atomic E-state index is -4.82. The number of nitrogens with zero attached hydrogens (tertiary/aromatic N) is 3. The van der Waals surface area contributed by atoms with Gasteiger partial charge in [0.2, 0.25) is 5.58 Å². The van der Waals surface area contributed by atoms with Gasteiger partial charge in [0, 0.05) is 11.5 Å². The van der Waals surface area contributed by atoms with Crippen LogP contribution in [0.3, 0.4) is 0 Å². The Morgan fingerprint density at radius 2 is 1.94 bits per heavy atom. The number of hydrogen-bond acceptors (Lipinski definition) is 8. The minimum absolute atomic E-state index is 0.0751. The summed E-state index contributed by atoms with van der Waals surface area (Å²) in [6, 6.07) is 8.36. The zero-order chi connectivity index (χ0) is 25.3. The number of anilines is 1. The molecule has 2 aromatic heterocycles. The maximum absolute atomic E-state index is 12.8. The summed E-state index contributed by atoms with van der Waals surface area (Å²) < 4.78 is 49.5. The normalized spacial score (nSPS) is 11.5. The summed E-state index contributed by atoms with van der Waals surface area (Å²) in [5.41, 5.74) is -2.76. The van der Waals surface area contributed by atoms with Crippen LogP contribution in [0.1, 0.15) is 5.56 Å². The van der Waals surface area contributed by atoms with Crippen LogP contribution in [-0.4, -0.2) is 33.0 Å². The molecule has 11 nitrogen and oxygen atoms in total. The number of ether oxygens (including phenoxy) is 1. The maximum atomic E-state index is 12.8. The first-order valence-corrected chi connectivity index (χ1v) is 9.72. The standard InChI is InChI=1S/C21H13F3N4O7/c22-21(23,24)11-5-6-13(14(7-11)28(32)33)26-16(29)9-34-17(30)8-27-10-25-18-12-3-1-2-4-15(12)35-19(18)20(27)31/h1-7,10H,8-9H2,(H,26,29). The van der Waals surface area contributed by atoms with E-state index in [0.29, 0.717) is 28.6 Å². The van der Waals surface area contributed by atoms with Crippen molar-refractivity contribution < 1.29 is 36.8 Å². The Morgan fingerprint density at radius 1 is 1.20 bits per heavy atom. The van der Waals surface area contributed by atoms with Gasteiger partial charge in [0.25, 0.3) is 17.2 Å². The van der Waals surface area contributed by atoms with Crippen molar-refractivity contribution in [1.82, 2.24) is 9.55 Å². The number of para-hydroxylation sites is 1. The van der Waals surface area contributed by atoms with Gasteiger partial charge in [-0.1, -0.05) is 12.1 Å². The summed E-state index contributed by atoms with van der Waals surface area (Å²) >= 11 is 0. The molecule has 0 saturated heterocycles. The van der Waals surface area contributed by atoms with E-state index < -0.39 is 58.6 Å². The van der Waals surface area contributed by atoms with Crippen molar-refractivity contribution in [1.29, 1.82) is 0 Å². The Balaban J connectivity index is 1.42. The number of alkyl halides is 3. The van der Waals surface area contributed by atoms with Gasteiger partial charge >= 0.3 is 12.1 Å². The van der Waals surface area contributed by atoms with Gasteiger partial charge < -0.3 is 14.5 Å². The van der Waals surface area contributed by atoms with Crippen molar-refractivity contribution in [3.05, 3.63) is 74.8 Å². The highest BCUT2D eigenvalue weighted by atomic mass is 19.4. The van der Waals surface area contributed by atoms with Gasteiger partial charge in [0.1, 0.15) is 23.3 Å². The molecule has 0 aliphatic heterocycles. The minimum Gasteiger partial charge on any atom is -0.454 e. The molecule has 0 aliphatic rings. The van der Waals surface area contributed by atoms with Crippen molar-refractivity contribution >= 4 is 45.3 Å². The molecule has 0 fully saturated rings. The second kappa shape index (κ2) is 8.89. The Kier molecular flexibility index (Phi) is 5.94. The van der Waals surface area contributed by atoms with E-state index in [1.807, 2.05) is 5.32 Å². The van der Waals surface area contributed by atoms with Crippen molar-refractivity contribution in [3.63, 3.8) is 0 Å². The fourth-order valence-corrected chi connectivity index (χ4v) is 3.21. The molecule has 14 heteroatoms. The molecule has 0 radical (unpaired) electrons. The number of benzene rings is 2. The Morgan fingerprint density at radius 3 is 2.66 bits per heavy atom. The fraction of sp³-hybridized carbons (Fsp3) is 0.143. The number of carbonyl (C=O) groups is 2. The van der Waals surface area contributed by atoms with Crippen molar-refractivity contribution in [2.45, 2.75) is 12.7 Å². The van der Waals surface area contributed by atoms with E-state index >= 15 is 0 Å². The third kappa shape index (κ3) is 4.80. The predicted molar refractivity (Wildman–Crippen MR) is 113 cm³/mol. The van der Waals surface area contributed by atoms with Crippen molar-refractivity contribution in [2.75, 3.05) is 11.9 Å². The summed E-state index contributed by atoms with van der Waals surface area (Å²) in [6.45, 7) is -1.53. The van der Waals surface area contributed by atoms with Gasteiger partial charge in [0.05, 0.1) is 16.8 Å². The van der Waals surface area contributed by atoms with Gasteiger partial charge in [0.15, 0.2) is 6.61 Å². The number of nitrogens with one attached hydrogen (secondary N) is 1. The first-order valence-electron chi connectivity index (χ1n) is 9.72. The molecule has 4 aromatic rings. The quantitative estimate of drug-likeness (QED) is 0.246. The first kappa shape index (κ1) is 23.4. The van der Waals surface area contributed by atoms with E-state index in [0.717, 1.165) is 10.9 Å². The molecular weight excluding hydrogens is 477 g/mol. The fourth-order valence-electron chi connectivity index (χ4n) is 3.21. The largest absolute Gasteiger partial charge is 0.454 e. The molecule has 0 atom stereocenters. The highest BCUT2D eigenvalue weighted by Gasteiger charge is 2.33. The number of hydrogen-bond donors (Lipinski definition) is 1. The van der Waals surface area contributed by atoms with E-state index in [4.69, 9.17) is 9.15 Å². The maximum Gasteiger partial charge on any atom is 0.416 e. The molecule has 2 heterocycles. The van der Waals surface area contributed by atoms with Crippen LogP contribution in [0.25, 0.3) is 22.1 Å². The number of nitro benzene ring substituents is 1. The molecule has 180 valence electrons. The smallest absolute Gasteiger partial charge is 0.416 e. The van der Waals surface area contributed by atoms with Gasteiger partial charge in [-0.2, -0.15) is 13.2 Å². The Hall–Kier alpha value is -4.75. The van der Waals surface area contributed by atoms with E-state index in [-0.39, 0.29) is 11.6 Å². The van der Waals surface area contributed by atoms with Crippen LogP contribution in [-0.2, 0) is 27.0 Å². The van der Waals surface area contributed by atoms with Gasteiger partial charge in [-0.25, -0.2) is 4.98 Å². The van der Waals surface area contributed by atoms with E-state index in [1.54, 1.807) is 24.3 Å². The average molecular weight is 490 g/mol. The first-order chi connectivity index (χ1) is 16.5. The van der Waals surface area contributed by atoms with Gasteiger partial charge in [-0.05, 0) is 24.3 Å². The average Bonchev–Trinajstić information content (AvgIpc) is 3.18. The lowest BCUT2D eigenvalue weighted by atomic mass is 10.1. The molecular formula is C21H13F3N4O7. The number of aromatic nitrogens is 2. The van der Waals surface area contributed by atoms with Gasteiger partial charge in [-0.3, -0.25) is 29.1 Å². The zero-order valence-corrected chi connectivity index (χ0v) is 17.4. The summed E-state index contributed by atoms with van der Waals surface area (Å²) in [5.74, 6) is -2.05. The molecule has 4 rings (SSSR count). The number of halogens is 3. The SMILES string of the molecule is O=C(COC(=O)Cn1cnc2c(oc3ccccc32)c1=O)Nc1ccc(C(F)(F)F)cc1[N+](=O)[O-]. The Labute approximate surface area is 191 Å². The van der Waals surface area contributed by atoms with Crippen LogP contribution in [0.5, 0.6) is 0 Å². The van der Waals surface area contributed by atoms with Crippen LogP contribution < -0.4 is 10.9 Å². The molecule has 1 N–H and O–H groups in total. The second-order valence-corrected chi connectivity index (χ2v) is 7.15. The van der Waals surface area contributed by atoms with Crippen LogP contribution in [0.4, 0.5) is 24.5 Å². The molecule has 0 spiro atoms. The van der Waals surface area contributed by atoms with Crippen LogP contribution >= 0.6 is 0 Å². The number of esters is 1. The highest BCUT2D eigenvalue weighted by Crippen LogP contribution is 2.35. The molecule has 2 aromatic carbocycles. The lowest BCUT2D eigenvalue weighted by molar-refractivity contribution is -0.384. The summed E-state index contributed by atoms with van der Waals surface area (Å²) in [5, 5.41) is 13.7. The van der Waals surface area contributed by atoms with Crippen LogP contribution in [0, 0.1) is 10.1 Å². The lowest BCUT2D eigenvalue weighted by Crippen LogP contribution is -2.28. The molecule has 0 bridgehead atoms. The molecule has 0 unspecified atom stereocenters. The summed E-state index contributed by atoms with van der Waals surface area (Å²) in [4.78, 5) is 50.9. The topological polar surface area (TPSA) is 147 Å². The van der Waals surface area contributed by atoms with Crippen LogP contribution in [0.15, 0.2) is 58.0 Å². The third-order valence-corrected chi connectivity index (χ3v) is 4.81. The molecule has 1 amide bonds. The number of furan rings is 1. The number of nitro groups is 1. The van der Waals surface area contributed by atoms with E-state index in [9.17, 15) is 37.7 Å². The third-order valence-electron chi connectivity index (χ3n) is 4.81. The van der Waals surface area contributed by atoms with Crippen LogP contribution in [0.2, 0.25) is 0 Å². The van der Waals surface area contributed by atoms with Gasteiger partial charge in [-0.15, -0.1) is 0 Å². The lowest BCUT2D eigenvalue weighted by Gasteiger charge is -2.10. The zero-order valence-electron chi connectivity index (χ0n) is 17.4. The summed E-state index contributed by atoms with van der Waals surface area (Å²) in [6.07, 6.45) is -3.71. The number of carbonyl (C=O) groups excluding carboxylic acids is 2. The van der Waals surface area contributed by atoms with E-state index in [2.05, 4.69) is 4.98 Å². The molecule has 35 heavy (non-hydrogen) atoms. The number of rotatable bonds is 6. The van der Waals surface area contributed by atoms with E-state index in [1.165, 1.54) is 0 Å². The predicted octanol–water partition coefficient (Wildman–Crippen LogP) is 3.25. The van der Waals surface area contributed by atoms with Crippen molar-refractivity contribution in [3.8, 4) is 0 Å². The number of amides is 1. The summed E-state index contributed by atoms with van der Waals surface area (Å²) in [7, 11) is 0. The Bertz CT molecular complexity index is 1540. The molecule has 0 aliphatic carbocycles. The highest BCUT2D eigenvalue weighted by molar-refractivity contribution is 6.01. The molecule has 0 saturated carbocycles. The van der Waals surface area contributed by atoms with Crippen molar-refractivity contribution in [2.24, 2.45) is 0 Å². The monoisotopic (exact) mass is 490 g/mol.